The second-order valence-electron chi connectivity index (χ2n) is 5.30. The molecule has 3 rings (SSSR count). The quantitative estimate of drug-likeness (QED) is 0.882. The molecule has 20 heavy (non-hydrogen) atoms. The van der Waals surface area contributed by atoms with Crippen LogP contribution in [-0.2, 0) is 4.74 Å². The number of nitrogens with one attached hydrogen (secondary N) is 1. The summed E-state index contributed by atoms with van der Waals surface area (Å²) in [6.07, 6.45) is 7.78. The molecular weight excluding hydrogens is 256 g/mol. The van der Waals surface area contributed by atoms with Gasteiger partial charge in [0.05, 0.1) is 31.1 Å². The number of nitrogens with zero attached hydrogens (tertiary/aromatic N) is 3. The van der Waals surface area contributed by atoms with E-state index < -0.39 is 0 Å². The van der Waals surface area contributed by atoms with Crippen molar-refractivity contribution >= 4 is 11.7 Å². The molecule has 1 aromatic heterocycles. The van der Waals surface area contributed by atoms with E-state index in [1.54, 1.807) is 13.2 Å². The summed E-state index contributed by atoms with van der Waals surface area (Å²) in [6.45, 7) is 1.26. The number of ether oxygens (including phenoxy) is 1. The Bertz CT molecular complexity index is 492. The fourth-order valence-corrected chi connectivity index (χ4v) is 3.09. The van der Waals surface area contributed by atoms with Crippen LogP contribution in [0.4, 0.5) is 5.82 Å². The summed E-state index contributed by atoms with van der Waals surface area (Å²) >= 11 is 0. The normalized spacial score (nSPS) is 25.9. The number of aromatic nitrogens is 2. The fraction of sp³-hybridized carbons (Fsp3) is 0.643. The van der Waals surface area contributed by atoms with Crippen molar-refractivity contribution < 1.29 is 9.53 Å². The van der Waals surface area contributed by atoms with Gasteiger partial charge in [0.2, 0.25) is 0 Å². The van der Waals surface area contributed by atoms with Crippen molar-refractivity contribution in [2.75, 3.05) is 25.5 Å². The second-order valence-corrected chi connectivity index (χ2v) is 5.30. The minimum Gasteiger partial charge on any atom is -0.374 e. The number of carbonyl (C=O) groups excluding carboxylic acids is 1. The minimum absolute atomic E-state index is 0.0326. The third kappa shape index (κ3) is 2.47. The second kappa shape index (κ2) is 5.75. The van der Waals surface area contributed by atoms with Gasteiger partial charge in [-0.05, 0) is 12.8 Å². The van der Waals surface area contributed by atoms with Gasteiger partial charge in [0.25, 0.3) is 5.91 Å². The molecule has 1 amide bonds. The van der Waals surface area contributed by atoms with Gasteiger partial charge in [-0.15, -0.1) is 0 Å². The molecule has 0 aromatic carbocycles. The molecule has 2 atom stereocenters. The molecular formula is C14H20N4O2. The van der Waals surface area contributed by atoms with Crippen molar-refractivity contribution in [1.82, 2.24) is 14.9 Å². The number of rotatable bonds is 2. The Morgan fingerprint density at radius 1 is 1.40 bits per heavy atom. The number of amides is 1. The molecule has 2 aliphatic rings. The largest absolute Gasteiger partial charge is 0.374 e. The van der Waals surface area contributed by atoms with Crippen LogP contribution in [-0.4, -0.2) is 53.1 Å². The van der Waals surface area contributed by atoms with Crippen LogP contribution in [0.1, 0.15) is 36.2 Å². The first-order valence-corrected chi connectivity index (χ1v) is 7.22. The highest BCUT2D eigenvalue weighted by Gasteiger charge is 2.37. The highest BCUT2D eigenvalue weighted by Crippen LogP contribution is 2.29. The topological polar surface area (TPSA) is 67.4 Å². The lowest BCUT2D eigenvalue weighted by atomic mass is 9.90. The molecule has 6 heteroatoms. The zero-order chi connectivity index (χ0) is 13.9. The molecule has 2 unspecified atom stereocenters. The highest BCUT2D eigenvalue weighted by atomic mass is 16.5. The summed E-state index contributed by atoms with van der Waals surface area (Å²) in [5, 5.41) is 2.91. The lowest BCUT2D eigenvalue weighted by Gasteiger charge is -2.43. The molecule has 1 N–H and O–H groups in total. The Morgan fingerprint density at radius 3 is 3.10 bits per heavy atom. The van der Waals surface area contributed by atoms with Crippen LogP contribution in [0.3, 0.4) is 0 Å². The van der Waals surface area contributed by atoms with Crippen molar-refractivity contribution in [1.29, 1.82) is 0 Å². The summed E-state index contributed by atoms with van der Waals surface area (Å²) in [4.78, 5) is 23.0. The van der Waals surface area contributed by atoms with Crippen LogP contribution in [0, 0.1) is 0 Å². The Labute approximate surface area is 118 Å². The Balaban J connectivity index is 1.81. The maximum Gasteiger partial charge on any atom is 0.274 e. The minimum atomic E-state index is -0.0326. The first-order chi connectivity index (χ1) is 9.79. The highest BCUT2D eigenvalue weighted by molar-refractivity contribution is 5.92. The maximum atomic E-state index is 12.7. The average Bonchev–Trinajstić information content (AvgIpc) is 2.53. The van der Waals surface area contributed by atoms with Gasteiger partial charge < -0.3 is 15.0 Å². The number of morpholine rings is 1. The predicted molar refractivity (Wildman–Crippen MR) is 74.6 cm³/mol. The van der Waals surface area contributed by atoms with Gasteiger partial charge in [0, 0.05) is 13.6 Å². The molecule has 1 saturated heterocycles. The summed E-state index contributed by atoms with van der Waals surface area (Å²) < 4.78 is 5.80. The standard InChI is InChI=1S/C14H20N4O2/c1-15-13-9-16-8-10(17-13)14(19)18-6-7-20-12-5-3-2-4-11(12)18/h8-9,11-12H,2-7H2,1H3,(H,15,17). The third-order valence-electron chi connectivity index (χ3n) is 4.10. The van der Waals surface area contributed by atoms with Crippen molar-refractivity contribution in [2.45, 2.75) is 37.8 Å². The first-order valence-electron chi connectivity index (χ1n) is 7.22. The monoisotopic (exact) mass is 276 g/mol. The molecule has 108 valence electrons. The van der Waals surface area contributed by atoms with Gasteiger partial charge in [-0.1, -0.05) is 12.8 Å². The molecule has 1 aliphatic heterocycles. The Kier molecular flexibility index (Phi) is 3.82. The smallest absolute Gasteiger partial charge is 0.274 e. The number of fused-ring (bicyclic) bond motifs is 1. The molecule has 1 aliphatic carbocycles. The van der Waals surface area contributed by atoms with Crippen molar-refractivity contribution in [3.63, 3.8) is 0 Å². The van der Waals surface area contributed by atoms with Gasteiger partial charge >= 0.3 is 0 Å². The van der Waals surface area contributed by atoms with E-state index in [-0.39, 0.29) is 18.1 Å². The molecule has 6 nitrogen and oxygen atoms in total. The van der Waals surface area contributed by atoms with Crippen LogP contribution in [0.5, 0.6) is 0 Å². The van der Waals surface area contributed by atoms with Crippen LogP contribution in [0.25, 0.3) is 0 Å². The predicted octanol–water partition coefficient (Wildman–Crippen LogP) is 1.30. The van der Waals surface area contributed by atoms with Gasteiger partial charge in [-0.3, -0.25) is 9.78 Å². The van der Waals surface area contributed by atoms with Crippen molar-refractivity contribution in [2.24, 2.45) is 0 Å². The molecule has 2 heterocycles. The molecule has 1 saturated carbocycles. The lowest BCUT2D eigenvalue weighted by molar-refractivity contribution is -0.0754. The van der Waals surface area contributed by atoms with E-state index in [1.807, 2.05) is 4.90 Å². The van der Waals surface area contributed by atoms with E-state index in [0.717, 1.165) is 19.3 Å². The van der Waals surface area contributed by atoms with Crippen LogP contribution in [0.2, 0.25) is 0 Å². The van der Waals surface area contributed by atoms with E-state index in [0.29, 0.717) is 24.7 Å². The maximum absolute atomic E-state index is 12.7. The Morgan fingerprint density at radius 2 is 2.25 bits per heavy atom. The fourth-order valence-electron chi connectivity index (χ4n) is 3.09. The number of carbonyl (C=O) groups is 1. The van der Waals surface area contributed by atoms with Crippen LogP contribution >= 0.6 is 0 Å². The zero-order valence-corrected chi connectivity index (χ0v) is 11.7. The average molecular weight is 276 g/mol. The molecule has 1 aromatic rings. The van der Waals surface area contributed by atoms with Crippen molar-refractivity contribution in [3.8, 4) is 0 Å². The van der Waals surface area contributed by atoms with Gasteiger partial charge in [-0.25, -0.2) is 4.98 Å². The van der Waals surface area contributed by atoms with E-state index in [4.69, 9.17) is 4.74 Å². The van der Waals surface area contributed by atoms with Gasteiger partial charge in [0.15, 0.2) is 0 Å². The summed E-state index contributed by atoms with van der Waals surface area (Å²) in [5.74, 6) is 0.583. The van der Waals surface area contributed by atoms with E-state index in [9.17, 15) is 4.79 Å². The van der Waals surface area contributed by atoms with E-state index >= 15 is 0 Å². The summed E-state index contributed by atoms with van der Waals surface area (Å²) in [5.41, 5.74) is 0.406. The van der Waals surface area contributed by atoms with Crippen LogP contribution in [0.15, 0.2) is 12.4 Å². The van der Waals surface area contributed by atoms with E-state index in [2.05, 4.69) is 15.3 Å². The van der Waals surface area contributed by atoms with Gasteiger partial charge in [0.1, 0.15) is 11.5 Å². The first kappa shape index (κ1) is 13.3. The number of hydrogen-bond acceptors (Lipinski definition) is 5. The number of hydrogen-bond donors (Lipinski definition) is 1. The number of anilines is 1. The lowest BCUT2D eigenvalue weighted by Crippen LogP contribution is -2.55. The molecule has 0 bridgehead atoms. The summed E-state index contributed by atoms with van der Waals surface area (Å²) in [7, 11) is 1.77. The van der Waals surface area contributed by atoms with Crippen molar-refractivity contribution in [3.05, 3.63) is 18.1 Å². The Hall–Kier alpha value is -1.69. The zero-order valence-electron chi connectivity index (χ0n) is 11.7. The molecule has 2 fully saturated rings. The molecule has 0 radical (unpaired) electrons. The third-order valence-corrected chi connectivity index (χ3v) is 4.10. The SMILES string of the molecule is CNc1cncc(C(=O)N2CCOC3CCCCC32)n1. The van der Waals surface area contributed by atoms with E-state index in [1.165, 1.54) is 12.6 Å². The molecule has 0 spiro atoms. The van der Waals surface area contributed by atoms with Gasteiger partial charge in [-0.2, -0.15) is 0 Å². The van der Waals surface area contributed by atoms with Crippen LogP contribution < -0.4 is 5.32 Å². The summed E-state index contributed by atoms with van der Waals surface area (Å²) in [6, 6.07) is 0.199.